The number of nitrogens with zero attached hydrogens (tertiary/aromatic N) is 1. The van der Waals surface area contributed by atoms with E-state index in [4.69, 9.17) is 0 Å². The van der Waals surface area contributed by atoms with Gasteiger partial charge in [-0.3, -0.25) is 19.2 Å². The van der Waals surface area contributed by atoms with Gasteiger partial charge in [-0.1, -0.05) is 42.5 Å². The quantitative estimate of drug-likeness (QED) is 0.356. The second-order valence-corrected chi connectivity index (χ2v) is 8.82. The topological polar surface area (TPSA) is 95.6 Å². The van der Waals surface area contributed by atoms with E-state index < -0.39 is 17.7 Å². The number of imide groups is 1. The second-order valence-electron chi connectivity index (χ2n) is 8.82. The summed E-state index contributed by atoms with van der Waals surface area (Å²) in [7, 11) is 0. The molecule has 5 rings (SSSR count). The molecule has 4 aromatic carbocycles. The minimum absolute atomic E-state index is 0.171. The molecule has 0 aliphatic carbocycles. The van der Waals surface area contributed by atoms with Crippen LogP contribution in [-0.2, 0) is 0 Å². The van der Waals surface area contributed by atoms with E-state index in [0.29, 0.717) is 22.6 Å². The lowest BCUT2D eigenvalue weighted by Gasteiger charge is -2.17. The summed E-state index contributed by atoms with van der Waals surface area (Å²) in [5.74, 6) is -1.68. The summed E-state index contributed by atoms with van der Waals surface area (Å²) in [4.78, 5) is 53.2. The first-order chi connectivity index (χ1) is 17.8. The highest BCUT2D eigenvalue weighted by molar-refractivity contribution is 6.35. The molecule has 0 fully saturated rings. The number of aryl methyl sites for hydroxylation is 2. The Kier molecular flexibility index (Phi) is 6.11. The van der Waals surface area contributed by atoms with Crippen LogP contribution in [0.1, 0.15) is 52.6 Å². The van der Waals surface area contributed by atoms with Crippen LogP contribution in [0.25, 0.3) is 0 Å². The van der Waals surface area contributed by atoms with Crippen molar-refractivity contribution in [2.75, 3.05) is 15.5 Å². The molecule has 0 aromatic heterocycles. The van der Waals surface area contributed by atoms with Crippen LogP contribution in [0.2, 0.25) is 0 Å². The summed E-state index contributed by atoms with van der Waals surface area (Å²) in [6.07, 6.45) is 0. The van der Waals surface area contributed by atoms with Crippen molar-refractivity contribution >= 4 is 40.7 Å². The number of amides is 4. The van der Waals surface area contributed by atoms with Crippen molar-refractivity contribution in [3.05, 3.63) is 124 Å². The third kappa shape index (κ3) is 4.50. The van der Waals surface area contributed by atoms with E-state index in [1.54, 1.807) is 54.6 Å². The van der Waals surface area contributed by atoms with Gasteiger partial charge in [-0.2, -0.15) is 0 Å². The number of carbonyl (C=O) groups excluding carboxylic acids is 4. The molecule has 0 radical (unpaired) electrons. The smallest absolute Gasteiger partial charge is 0.266 e. The highest BCUT2D eigenvalue weighted by atomic mass is 16.2. The Morgan fingerprint density at radius 1 is 0.622 bits per heavy atom. The van der Waals surface area contributed by atoms with Crippen molar-refractivity contribution in [2.24, 2.45) is 0 Å². The molecule has 4 amide bonds. The van der Waals surface area contributed by atoms with Gasteiger partial charge in [0.15, 0.2) is 0 Å². The average Bonchev–Trinajstić information content (AvgIpc) is 3.16. The molecule has 2 N–H and O–H groups in total. The lowest BCUT2D eigenvalue weighted by molar-refractivity contribution is 0.0924. The Hall–Kier alpha value is -5.04. The number of rotatable bonds is 5. The zero-order valence-corrected chi connectivity index (χ0v) is 20.2. The fourth-order valence-electron chi connectivity index (χ4n) is 4.24. The van der Waals surface area contributed by atoms with Crippen LogP contribution in [0.3, 0.4) is 0 Å². The first-order valence-electron chi connectivity index (χ1n) is 11.7. The molecule has 182 valence electrons. The number of anilines is 3. The molecule has 37 heavy (non-hydrogen) atoms. The maximum atomic E-state index is 13.2. The van der Waals surface area contributed by atoms with Gasteiger partial charge in [0.05, 0.1) is 28.2 Å². The van der Waals surface area contributed by atoms with Gasteiger partial charge in [-0.15, -0.1) is 0 Å². The van der Waals surface area contributed by atoms with E-state index in [1.807, 2.05) is 32.0 Å². The van der Waals surface area contributed by atoms with Gasteiger partial charge in [0.2, 0.25) is 0 Å². The van der Waals surface area contributed by atoms with E-state index in [1.165, 1.54) is 18.2 Å². The Bertz CT molecular complexity index is 1580. The van der Waals surface area contributed by atoms with Crippen molar-refractivity contribution in [3.63, 3.8) is 0 Å². The summed E-state index contributed by atoms with van der Waals surface area (Å²) < 4.78 is 0. The standard InChI is InChI=1S/C30H23N3O4/c1-18-12-13-19(2)26(16-18)33-29(36)22-15-14-21(17-23(22)30(33)37)28(35)32-25-11-7-6-10-24(25)31-27(34)20-8-4-3-5-9-20/h3-17H,1-2H3,(H,31,34)(H,32,35). The second kappa shape index (κ2) is 9.54. The maximum absolute atomic E-state index is 13.2. The molecule has 0 unspecified atom stereocenters. The highest BCUT2D eigenvalue weighted by Gasteiger charge is 2.37. The molecule has 0 atom stereocenters. The minimum atomic E-state index is -0.477. The summed E-state index contributed by atoms with van der Waals surface area (Å²) in [5, 5.41) is 5.61. The van der Waals surface area contributed by atoms with Crippen molar-refractivity contribution in [1.29, 1.82) is 0 Å². The van der Waals surface area contributed by atoms with Crippen LogP contribution in [-0.4, -0.2) is 23.6 Å². The van der Waals surface area contributed by atoms with Crippen molar-refractivity contribution in [2.45, 2.75) is 13.8 Å². The Labute approximate surface area is 213 Å². The van der Waals surface area contributed by atoms with Gasteiger partial charge >= 0.3 is 0 Å². The Morgan fingerprint density at radius 3 is 1.89 bits per heavy atom. The maximum Gasteiger partial charge on any atom is 0.266 e. The SMILES string of the molecule is Cc1ccc(C)c(N2C(=O)c3ccc(C(=O)Nc4ccccc4NC(=O)c4ccccc4)cc3C2=O)c1. The van der Waals surface area contributed by atoms with Crippen LogP contribution in [0.5, 0.6) is 0 Å². The van der Waals surface area contributed by atoms with Gasteiger partial charge in [0.25, 0.3) is 23.6 Å². The number of fused-ring (bicyclic) bond motifs is 1. The van der Waals surface area contributed by atoms with E-state index >= 15 is 0 Å². The van der Waals surface area contributed by atoms with Crippen LogP contribution >= 0.6 is 0 Å². The molecule has 0 spiro atoms. The molecular weight excluding hydrogens is 466 g/mol. The number of hydrogen-bond donors (Lipinski definition) is 2. The van der Waals surface area contributed by atoms with Crippen molar-refractivity contribution in [3.8, 4) is 0 Å². The first-order valence-corrected chi connectivity index (χ1v) is 11.7. The van der Waals surface area contributed by atoms with Crippen LogP contribution in [0.4, 0.5) is 17.1 Å². The highest BCUT2D eigenvalue weighted by Crippen LogP contribution is 2.32. The lowest BCUT2D eigenvalue weighted by atomic mass is 10.1. The van der Waals surface area contributed by atoms with Gasteiger partial charge in [-0.05, 0) is 73.5 Å². The van der Waals surface area contributed by atoms with E-state index in [-0.39, 0.29) is 22.6 Å². The zero-order chi connectivity index (χ0) is 26.1. The van der Waals surface area contributed by atoms with Crippen molar-refractivity contribution in [1.82, 2.24) is 0 Å². The molecule has 0 bridgehead atoms. The molecule has 4 aromatic rings. The predicted octanol–water partition coefficient (Wildman–Crippen LogP) is 5.61. The van der Waals surface area contributed by atoms with Gasteiger partial charge in [0, 0.05) is 11.1 Å². The monoisotopic (exact) mass is 489 g/mol. The van der Waals surface area contributed by atoms with Crippen LogP contribution in [0.15, 0.2) is 91.0 Å². The molecule has 7 nitrogen and oxygen atoms in total. The average molecular weight is 490 g/mol. The normalized spacial score (nSPS) is 12.3. The third-order valence-corrected chi connectivity index (χ3v) is 6.21. The van der Waals surface area contributed by atoms with Gasteiger partial charge in [0.1, 0.15) is 0 Å². The zero-order valence-electron chi connectivity index (χ0n) is 20.2. The fourth-order valence-corrected chi connectivity index (χ4v) is 4.24. The molecule has 1 heterocycles. The summed E-state index contributed by atoms with van der Waals surface area (Å²) in [5.41, 5.74) is 4.20. The number of para-hydroxylation sites is 2. The van der Waals surface area contributed by atoms with E-state index in [2.05, 4.69) is 10.6 Å². The molecule has 0 saturated carbocycles. The van der Waals surface area contributed by atoms with E-state index in [0.717, 1.165) is 16.0 Å². The summed E-state index contributed by atoms with van der Waals surface area (Å²) in [6, 6.07) is 25.6. The fraction of sp³-hybridized carbons (Fsp3) is 0.0667. The molecule has 1 aliphatic rings. The van der Waals surface area contributed by atoms with Crippen LogP contribution < -0.4 is 15.5 Å². The molecular formula is C30H23N3O4. The summed E-state index contributed by atoms with van der Waals surface area (Å²) >= 11 is 0. The Balaban J connectivity index is 1.39. The summed E-state index contributed by atoms with van der Waals surface area (Å²) in [6.45, 7) is 3.73. The lowest BCUT2D eigenvalue weighted by Crippen LogP contribution is -2.30. The largest absolute Gasteiger partial charge is 0.320 e. The molecule has 0 saturated heterocycles. The predicted molar refractivity (Wildman–Crippen MR) is 142 cm³/mol. The number of benzene rings is 4. The number of nitrogens with one attached hydrogen (secondary N) is 2. The first kappa shape index (κ1) is 23.7. The minimum Gasteiger partial charge on any atom is -0.320 e. The number of carbonyl (C=O) groups is 4. The van der Waals surface area contributed by atoms with Crippen molar-refractivity contribution < 1.29 is 19.2 Å². The van der Waals surface area contributed by atoms with E-state index in [9.17, 15) is 19.2 Å². The molecule has 7 heteroatoms. The Morgan fingerprint density at radius 2 is 1.22 bits per heavy atom. The number of hydrogen-bond acceptors (Lipinski definition) is 4. The van der Waals surface area contributed by atoms with Crippen LogP contribution in [0, 0.1) is 13.8 Å². The van der Waals surface area contributed by atoms with Gasteiger partial charge < -0.3 is 10.6 Å². The van der Waals surface area contributed by atoms with Gasteiger partial charge in [-0.25, -0.2) is 4.90 Å². The third-order valence-electron chi connectivity index (χ3n) is 6.21. The molecule has 1 aliphatic heterocycles.